The number of carboxylic acids is 1. The summed E-state index contributed by atoms with van der Waals surface area (Å²) in [5.74, 6) is 0.00951. The minimum atomic E-state index is -0.792. The van der Waals surface area contributed by atoms with Crippen molar-refractivity contribution in [2.75, 3.05) is 33.3 Å². The quantitative estimate of drug-likeness (QED) is 0.870. The summed E-state index contributed by atoms with van der Waals surface area (Å²) in [5, 5.41) is 12.9. The van der Waals surface area contributed by atoms with E-state index >= 15 is 0 Å². The van der Waals surface area contributed by atoms with E-state index in [-0.39, 0.29) is 0 Å². The zero-order chi connectivity index (χ0) is 14.7. The number of carbonyl (C=O) groups is 1. The first-order chi connectivity index (χ1) is 9.56. The van der Waals surface area contributed by atoms with Gasteiger partial charge in [-0.3, -0.25) is 9.69 Å². The molecule has 1 atom stereocenters. The van der Waals surface area contributed by atoms with E-state index in [0.29, 0.717) is 0 Å². The van der Waals surface area contributed by atoms with Crippen LogP contribution in [0.15, 0.2) is 12.1 Å². The van der Waals surface area contributed by atoms with Crippen LogP contribution in [0.2, 0.25) is 0 Å². The molecular weight excluding hydrogens is 256 g/mol. The molecule has 1 aliphatic heterocycles. The number of rotatable bonds is 4. The standard InChI is InChI=1S/C15H22N2O3/c1-10-11(2)13(20-3)5-4-12(10)14(15(18)19)17-8-6-16-7-9-17/h4-5,14,16H,6-9H2,1-3H3,(H,18,19). The van der Waals surface area contributed by atoms with Crippen molar-refractivity contribution >= 4 is 5.97 Å². The van der Waals surface area contributed by atoms with Gasteiger partial charge in [-0.05, 0) is 36.6 Å². The van der Waals surface area contributed by atoms with E-state index in [4.69, 9.17) is 4.74 Å². The topological polar surface area (TPSA) is 61.8 Å². The van der Waals surface area contributed by atoms with E-state index in [9.17, 15) is 9.90 Å². The molecule has 5 heteroatoms. The third-order valence-corrected chi connectivity index (χ3v) is 4.04. The lowest BCUT2D eigenvalue weighted by molar-refractivity contribution is -0.143. The molecule has 5 nitrogen and oxygen atoms in total. The SMILES string of the molecule is COc1ccc(C(C(=O)O)N2CCNCC2)c(C)c1C. The van der Waals surface area contributed by atoms with Crippen molar-refractivity contribution in [3.63, 3.8) is 0 Å². The van der Waals surface area contributed by atoms with Gasteiger partial charge in [0.1, 0.15) is 11.8 Å². The van der Waals surface area contributed by atoms with Crippen LogP contribution in [0.3, 0.4) is 0 Å². The van der Waals surface area contributed by atoms with E-state index in [2.05, 4.69) is 5.32 Å². The van der Waals surface area contributed by atoms with Gasteiger partial charge in [0, 0.05) is 26.2 Å². The molecule has 1 unspecified atom stereocenters. The Bertz CT molecular complexity index is 496. The van der Waals surface area contributed by atoms with E-state index in [1.54, 1.807) is 7.11 Å². The summed E-state index contributed by atoms with van der Waals surface area (Å²) >= 11 is 0. The lowest BCUT2D eigenvalue weighted by Gasteiger charge is -2.33. The lowest BCUT2D eigenvalue weighted by Crippen LogP contribution is -2.47. The van der Waals surface area contributed by atoms with E-state index < -0.39 is 12.0 Å². The highest BCUT2D eigenvalue weighted by Gasteiger charge is 2.30. The molecule has 2 rings (SSSR count). The van der Waals surface area contributed by atoms with Gasteiger partial charge >= 0.3 is 5.97 Å². The summed E-state index contributed by atoms with van der Waals surface area (Å²) in [6.07, 6.45) is 0. The van der Waals surface area contributed by atoms with Gasteiger partial charge in [0.25, 0.3) is 0 Å². The maximum absolute atomic E-state index is 11.7. The zero-order valence-electron chi connectivity index (χ0n) is 12.3. The summed E-state index contributed by atoms with van der Waals surface area (Å²) in [5.41, 5.74) is 2.86. The molecule has 1 aromatic carbocycles. The minimum absolute atomic E-state index is 0.582. The molecule has 0 aliphatic carbocycles. The molecule has 1 fully saturated rings. The molecule has 20 heavy (non-hydrogen) atoms. The number of carboxylic acid groups (broad SMARTS) is 1. The van der Waals surface area contributed by atoms with Gasteiger partial charge in [0.2, 0.25) is 0 Å². The Balaban J connectivity index is 2.39. The van der Waals surface area contributed by atoms with Gasteiger partial charge in [0.15, 0.2) is 0 Å². The predicted octanol–water partition coefficient (Wildman–Crippen LogP) is 1.34. The van der Waals surface area contributed by atoms with Crippen molar-refractivity contribution in [3.8, 4) is 5.75 Å². The molecule has 1 saturated heterocycles. The number of nitrogens with one attached hydrogen (secondary N) is 1. The van der Waals surface area contributed by atoms with Crippen LogP contribution in [-0.4, -0.2) is 49.3 Å². The fourth-order valence-electron chi connectivity index (χ4n) is 2.76. The maximum atomic E-state index is 11.7. The first kappa shape index (κ1) is 14.8. The molecule has 0 aromatic heterocycles. The normalized spacial score (nSPS) is 17.8. The molecule has 0 saturated carbocycles. The van der Waals surface area contributed by atoms with Crippen LogP contribution in [0.25, 0.3) is 0 Å². The van der Waals surface area contributed by atoms with Crippen LogP contribution >= 0.6 is 0 Å². The van der Waals surface area contributed by atoms with Crippen LogP contribution in [0.1, 0.15) is 22.7 Å². The van der Waals surface area contributed by atoms with Gasteiger partial charge in [-0.15, -0.1) is 0 Å². The second-order valence-electron chi connectivity index (χ2n) is 5.13. The van der Waals surface area contributed by atoms with Crippen LogP contribution in [-0.2, 0) is 4.79 Å². The number of piperazine rings is 1. The van der Waals surface area contributed by atoms with Crippen molar-refractivity contribution < 1.29 is 14.6 Å². The summed E-state index contributed by atoms with van der Waals surface area (Å²) in [4.78, 5) is 13.7. The fraction of sp³-hybridized carbons (Fsp3) is 0.533. The molecule has 1 aliphatic rings. The van der Waals surface area contributed by atoms with Crippen LogP contribution < -0.4 is 10.1 Å². The smallest absolute Gasteiger partial charge is 0.325 e. The Labute approximate surface area is 119 Å². The van der Waals surface area contributed by atoms with Crippen molar-refractivity contribution in [1.82, 2.24) is 10.2 Å². The Morgan fingerprint density at radius 3 is 2.50 bits per heavy atom. The third-order valence-electron chi connectivity index (χ3n) is 4.04. The number of methoxy groups -OCH3 is 1. The van der Waals surface area contributed by atoms with Gasteiger partial charge in [0.05, 0.1) is 7.11 Å². The number of aliphatic carboxylic acids is 1. The summed E-state index contributed by atoms with van der Waals surface area (Å²) in [7, 11) is 1.63. The number of hydrogen-bond acceptors (Lipinski definition) is 4. The van der Waals surface area contributed by atoms with Crippen molar-refractivity contribution in [2.24, 2.45) is 0 Å². The Kier molecular flexibility index (Phi) is 4.62. The molecule has 1 aromatic rings. The summed E-state index contributed by atoms with van der Waals surface area (Å²) in [6, 6.07) is 3.15. The van der Waals surface area contributed by atoms with E-state index in [1.165, 1.54) is 0 Å². The second kappa shape index (κ2) is 6.24. The van der Waals surface area contributed by atoms with Crippen molar-refractivity contribution in [1.29, 1.82) is 0 Å². The average Bonchev–Trinajstić information content (AvgIpc) is 2.45. The number of benzene rings is 1. The highest BCUT2D eigenvalue weighted by atomic mass is 16.5. The molecule has 0 amide bonds. The number of ether oxygens (including phenoxy) is 1. The first-order valence-electron chi connectivity index (χ1n) is 6.88. The maximum Gasteiger partial charge on any atom is 0.325 e. The molecule has 0 spiro atoms. The lowest BCUT2D eigenvalue weighted by atomic mass is 9.95. The first-order valence-corrected chi connectivity index (χ1v) is 6.88. The van der Waals surface area contributed by atoms with Crippen molar-refractivity contribution in [3.05, 3.63) is 28.8 Å². The molecule has 2 N–H and O–H groups in total. The zero-order valence-corrected chi connectivity index (χ0v) is 12.3. The average molecular weight is 278 g/mol. The van der Waals surface area contributed by atoms with Crippen molar-refractivity contribution in [2.45, 2.75) is 19.9 Å². The Morgan fingerprint density at radius 1 is 1.30 bits per heavy atom. The number of hydrogen-bond donors (Lipinski definition) is 2. The minimum Gasteiger partial charge on any atom is -0.496 e. The summed E-state index contributed by atoms with van der Waals surface area (Å²) < 4.78 is 5.30. The molecule has 1 heterocycles. The van der Waals surface area contributed by atoms with Crippen LogP contribution in [0.4, 0.5) is 0 Å². The van der Waals surface area contributed by atoms with Gasteiger partial charge in [-0.2, -0.15) is 0 Å². The highest BCUT2D eigenvalue weighted by Crippen LogP contribution is 2.31. The van der Waals surface area contributed by atoms with Crippen LogP contribution in [0.5, 0.6) is 5.75 Å². The molecular formula is C15H22N2O3. The predicted molar refractivity (Wildman–Crippen MR) is 77.3 cm³/mol. The molecule has 0 radical (unpaired) electrons. The van der Waals surface area contributed by atoms with Gasteiger partial charge in [-0.25, -0.2) is 0 Å². The van der Waals surface area contributed by atoms with Crippen LogP contribution in [0, 0.1) is 13.8 Å². The Morgan fingerprint density at radius 2 is 1.95 bits per heavy atom. The molecule has 110 valence electrons. The van der Waals surface area contributed by atoms with E-state index in [0.717, 1.165) is 48.6 Å². The monoisotopic (exact) mass is 278 g/mol. The third kappa shape index (κ3) is 2.78. The van der Waals surface area contributed by atoms with E-state index in [1.807, 2.05) is 30.9 Å². The summed E-state index contributed by atoms with van der Waals surface area (Å²) in [6.45, 7) is 7.10. The molecule has 0 bridgehead atoms. The fourth-order valence-corrected chi connectivity index (χ4v) is 2.76. The number of nitrogens with zero attached hydrogens (tertiary/aromatic N) is 1. The van der Waals surface area contributed by atoms with Gasteiger partial charge in [-0.1, -0.05) is 6.07 Å². The largest absolute Gasteiger partial charge is 0.496 e. The highest BCUT2D eigenvalue weighted by molar-refractivity contribution is 5.76. The van der Waals surface area contributed by atoms with Gasteiger partial charge < -0.3 is 15.2 Å². The Hall–Kier alpha value is -1.59. The second-order valence-corrected chi connectivity index (χ2v) is 5.13.